The molecule has 9 aromatic carbocycles. The summed E-state index contributed by atoms with van der Waals surface area (Å²) in [6.45, 7) is 0. The zero-order valence-corrected chi connectivity index (χ0v) is 31.0. The van der Waals surface area contributed by atoms with Crippen molar-refractivity contribution in [2.45, 2.75) is 0 Å². The van der Waals surface area contributed by atoms with E-state index < -0.39 is 0 Å². The lowest BCUT2D eigenvalue weighted by Crippen LogP contribution is -1.99. The maximum absolute atomic E-state index is 5.33. The van der Waals surface area contributed by atoms with Crippen LogP contribution in [0, 0.1) is 0 Å². The van der Waals surface area contributed by atoms with Gasteiger partial charge in [-0.25, -0.2) is 9.97 Å². The normalized spacial score (nSPS) is 11.5. The van der Waals surface area contributed by atoms with Gasteiger partial charge in [-0.1, -0.05) is 170 Å². The predicted octanol–water partition coefficient (Wildman–Crippen LogP) is 14.2. The highest BCUT2D eigenvalue weighted by molar-refractivity contribution is 6.14. The Morgan fingerprint density at radius 1 is 0.298 bits per heavy atom. The lowest BCUT2D eigenvalue weighted by Gasteiger charge is -2.17. The summed E-state index contributed by atoms with van der Waals surface area (Å²) < 4.78 is 2.44. The fourth-order valence-electron chi connectivity index (χ4n) is 8.46. The molecule has 0 saturated heterocycles. The second kappa shape index (κ2) is 13.6. The minimum absolute atomic E-state index is 0.694. The van der Waals surface area contributed by atoms with E-state index in [0.717, 1.165) is 50.4 Å². The number of para-hydroxylation sites is 1. The average molecular weight is 726 g/mol. The van der Waals surface area contributed by atoms with Crippen LogP contribution in [-0.4, -0.2) is 14.5 Å². The number of hydrogen-bond acceptors (Lipinski definition) is 2. The highest BCUT2D eigenvalue weighted by Crippen LogP contribution is 2.41. The first-order chi connectivity index (χ1) is 28.2. The Morgan fingerprint density at radius 3 is 1.61 bits per heavy atom. The van der Waals surface area contributed by atoms with Crippen LogP contribution in [0.5, 0.6) is 0 Å². The van der Waals surface area contributed by atoms with E-state index in [1.54, 1.807) is 0 Å². The van der Waals surface area contributed by atoms with Crippen molar-refractivity contribution in [2.75, 3.05) is 0 Å². The summed E-state index contributed by atoms with van der Waals surface area (Å²) in [5, 5.41) is 7.34. The summed E-state index contributed by atoms with van der Waals surface area (Å²) in [5.74, 6) is 0.694. The molecule has 0 fully saturated rings. The molecule has 57 heavy (non-hydrogen) atoms. The number of hydrogen-bond donors (Lipinski definition) is 0. The Bertz CT molecular complexity index is 3220. The standard InChI is InChI=1S/C54H35N3/c1-4-16-36(17-5-1)39-28-29-48-47-26-14-15-27-52(47)57(53(48)34-39)43-31-41(49-33-40-22-10-11-23-44(40)45-24-12-13-25-46(45)49)30-42(32-43)51-35-50(37-18-6-2-7-19-37)55-54(56-51)38-20-8-3-9-21-38/h1-35H. The van der Waals surface area contributed by atoms with Crippen LogP contribution in [0.1, 0.15) is 0 Å². The van der Waals surface area contributed by atoms with Crippen molar-refractivity contribution in [3.63, 3.8) is 0 Å². The summed E-state index contributed by atoms with van der Waals surface area (Å²) >= 11 is 0. The van der Waals surface area contributed by atoms with Crippen LogP contribution in [0.2, 0.25) is 0 Å². The molecule has 0 spiro atoms. The molecule has 11 aromatic rings. The minimum atomic E-state index is 0.694. The molecule has 0 amide bonds. The quantitative estimate of drug-likeness (QED) is 0.160. The summed E-state index contributed by atoms with van der Waals surface area (Å²) in [5.41, 5.74) is 12.8. The fraction of sp³-hybridized carbons (Fsp3) is 0. The highest BCUT2D eigenvalue weighted by Gasteiger charge is 2.19. The topological polar surface area (TPSA) is 30.7 Å². The van der Waals surface area contributed by atoms with Gasteiger partial charge in [-0.05, 0) is 86.3 Å². The molecule has 2 heterocycles. The summed E-state index contributed by atoms with van der Waals surface area (Å²) in [6.07, 6.45) is 0. The van der Waals surface area contributed by atoms with E-state index in [2.05, 4.69) is 193 Å². The molecule has 0 saturated carbocycles. The van der Waals surface area contributed by atoms with Crippen LogP contribution in [0.25, 0.3) is 105 Å². The number of nitrogens with zero attached hydrogens (tertiary/aromatic N) is 3. The highest BCUT2D eigenvalue weighted by atomic mass is 15.0. The second-order valence-corrected chi connectivity index (χ2v) is 14.6. The van der Waals surface area contributed by atoms with Crippen LogP contribution in [0.3, 0.4) is 0 Å². The van der Waals surface area contributed by atoms with E-state index in [1.807, 2.05) is 24.3 Å². The van der Waals surface area contributed by atoms with Gasteiger partial charge in [0.2, 0.25) is 0 Å². The van der Waals surface area contributed by atoms with Crippen LogP contribution in [0.4, 0.5) is 0 Å². The molecule has 0 radical (unpaired) electrons. The number of aromatic nitrogens is 3. The van der Waals surface area contributed by atoms with Crippen molar-refractivity contribution in [1.29, 1.82) is 0 Å². The van der Waals surface area contributed by atoms with E-state index in [9.17, 15) is 0 Å². The van der Waals surface area contributed by atoms with E-state index in [1.165, 1.54) is 49.0 Å². The third-order valence-corrected chi connectivity index (χ3v) is 11.2. The van der Waals surface area contributed by atoms with E-state index >= 15 is 0 Å². The van der Waals surface area contributed by atoms with Crippen molar-refractivity contribution in [3.05, 3.63) is 212 Å². The van der Waals surface area contributed by atoms with Gasteiger partial charge < -0.3 is 4.57 Å². The van der Waals surface area contributed by atoms with Gasteiger partial charge in [-0.15, -0.1) is 0 Å². The molecule has 0 aliphatic rings. The Balaban J connectivity index is 1.23. The van der Waals surface area contributed by atoms with Crippen LogP contribution in [0.15, 0.2) is 212 Å². The molecule has 0 atom stereocenters. The summed E-state index contributed by atoms with van der Waals surface area (Å²) in [7, 11) is 0. The zero-order chi connectivity index (χ0) is 37.7. The van der Waals surface area contributed by atoms with E-state index in [0.29, 0.717) is 5.82 Å². The van der Waals surface area contributed by atoms with Crippen molar-refractivity contribution >= 4 is 43.4 Å². The molecule has 0 aliphatic carbocycles. The monoisotopic (exact) mass is 725 g/mol. The van der Waals surface area contributed by atoms with Crippen molar-refractivity contribution in [3.8, 4) is 61.8 Å². The van der Waals surface area contributed by atoms with E-state index in [4.69, 9.17) is 9.97 Å². The maximum atomic E-state index is 5.33. The van der Waals surface area contributed by atoms with Crippen molar-refractivity contribution in [1.82, 2.24) is 14.5 Å². The molecular weight excluding hydrogens is 691 g/mol. The molecule has 3 heteroatoms. The van der Waals surface area contributed by atoms with Gasteiger partial charge in [0.1, 0.15) is 0 Å². The number of fused-ring (bicyclic) bond motifs is 6. The lowest BCUT2D eigenvalue weighted by molar-refractivity contribution is 1.16. The molecule has 2 aromatic heterocycles. The minimum Gasteiger partial charge on any atom is -0.309 e. The lowest BCUT2D eigenvalue weighted by atomic mass is 9.91. The van der Waals surface area contributed by atoms with Gasteiger partial charge in [0.25, 0.3) is 0 Å². The van der Waals surface area contributed by atoms with Crippen LogP contribution >= 0.6 is 0 Å². The smallest absolute Gasteiger partial charge is 0.160 e. The van der Waals surface area contributed by atoms with Crippen molar-refractivity contribution < 1.29 is 0 Å². The average Bonchev–Trinajstić information content (AvgIpc) is 3.63. The molecule has 0 N–H and O–H groups in total. The first-order valence-electron chi connectivity index (χ1n) is 19.4. The summed E-state index contributed by atoms with van der Waals surface area (Å²) in [4.78, 5) is 10.5. The van der Waals surface area contributed by atoms with E-state index in [-0.39, 0.29) is 0 Å². The molecule has 0 unspecified atom stereocenters. The van der Waals surface area contributed by atoms with Gasteiger partial charge in [0.15, 0.2) is 5.82 Å². The summed E-state index contributed by atoms with van der Waals surface area (Å²) in [6, 6.07) is 75.9. The molecule has 11 rings (SSSR count). The SMILES string of the molecule is c1ccc(-c2ccc3c4ccccc4n(-c4cc(-c5cc(-c6ccccc6)nc(-c6ccccc6)n5)cc(-c5cc6ccccc6c6ccccc56)c4)c3c2)cc1. The Hall–Kier alpha value is -7.62. The van der Waals surface area contributed by atoms with Gasteiger partial charge in [-0.3, -0.25) is 0 Å². The van der Waals surface area contributed by atoms with Gasteiger partial charge in [0, 0.05) is 33.2 Å². The number of rotatable bonds is 6. The zero-order valence-electron chi connectivity index (χ0n) is 31.0. The van der Waals surface area contributed by atoms with Crippen LogP contribution in [-0.2, 0) is 0 Å². The Morgan fingerprint density at radius 2 is 0.860 bits per heavy atom. The van der Waals surface area contributed by atoms with Crippen molar-refractivity contribution in [2.24, 2.45) is 0 Å². The molecule has 0 bridgehead atoms. The molecule has 266 valence electrons. The third kappa shape index (κ3) is 5.76. The van der Waals surface area contributed by atoms with Gasteiger partial charge in [-0.2, -0.15) is 0 Å². The fourth-order valence-corrected chi connectivity index (χ4v) is 8.46. The molecule has 3 nitrogen and oxygen atoms in total. The molecule has 0 aliphatic heterocycles. The third-order valence-electron chi connectivity index (χ3n) is 11.2. The largest absolute Gasteiger partial charge is 0.309 e. The first-order valence-corrected chi connectivity index (χ1v) is 19.4. The Labute approximate surface area is 330 Å². The maximum Gasteiger partial charge on any atom is 0.160 e. The second-order valence-electron chi connectivity index (χ2n) is 14.6. The van der Waals surface area contributed by atoms with Gasteiger partial charge >= 0.3 is 0 Å². The molecular formula is C54H35N3. The van der Waals surface area contributed by atoms with Crippen LogP contribution < -0.4 is 0 Å². The number of benzene rings is 9. The predicted molar refractivity (Wildman–Crippen MR) is 239 cm³/mol. The van der Waals surface area contributed by atoms with Gasteiger partial charge in [0.05, 0.1) is 22.4 Å². The Kier molecular flexibility index (Phi) is 7.82. The first kappa shape index (κ1) is 32.8.